The van der Waals surface area contributed by atoms with Crippen LogP contribution in [-0.2, 0) is 0 Å². The third-order valence-electron chi connectivity index (χ3n) is 6.06. The minimum atomic E-state index is -0.231. The normalized spacial score (nSPS) is 15.4. The molecule has 0 bridgehead atoms. The number of carbonyl (C=O) groups is 2. The van der Waals surface area contributed by atoms with E-state index in [9.17, 15) is 9.59 Å². The summed E-state index contributed by atoms with van der Waals surface area (Å²) in [5.74, 6) is 0.0740. The summed E-state index contributed by atoms with van der Waals surface area (Å²) < 4.78 is 0. The van der Waals surface area contributed by atoms with E-state index in [2.05, 4.69) is 18.4 Å². The van der Waals surface area contributed by atoms with Gasteiger partial charge < -0.3 is 0 Å². The number of amides is 2. The second-order valence-corrected chi connectivity index (χ2v) is 8.61. The van der Waals surface area contributed by atoms with Crippen LogP contribution in [-0.4, -0.2) is 22.9 Å². The molecule has 160 valence electrons. The fraction of sp³-hybridized carbons (Fsp3) is 0.462. The highest BCUT2D eigenvalue weighted by Gasteiger charge is 2.33. The highest BCUT2D eigenvalue weighted by Crippen LogP contribution is 2.31. The van der Waals surface area contributed by atoms with Crippen molar-refractivity contribution in [1.29, 1.82) is 0 Å². The summed E-state index contributed by atoms with van der Waals surface area (Å²) in [4.78, 5) is 26.7. The molecule has 0 aromatic heterocycles. The van der Waals surface area contributed by atoms with Crippen molar-refractivity contribution in [3.05, 3.63) is 70.8 Å². The molecule has 1 saturated carbocycles. The van der Waals surface area contributed by atoms with Gasteiger partial charge in [0.05, 0.1) is 6.04 Å². The molecule has 0 saturated heterocycles. The smallest absolute Gasteiger partial charge is 0.267 e. The number of carbonyl (C=O) groups excluding carboxylic acids is 2. The summed E-state index contributed by atoms with van der Waals surface area (Å²) in [6.45, 7) is 6.15. The maximum Gasteiger partial charge on any atom is 0.272 e. The SMILES string of the molecule is CCCC(C1CCCCC1)N(NC(=O)c1ccccc1)C(=O)c1cc(C)cc(C)c1. The van der Waals surface area contributed by atoms with Crippen molar-refractivity contribution in [2.24, 2.45) is 5.92 Å². The maximum atomic E-state index is 13.7. The molecule has 30 heavy (non-hydrogen) atoms. The lowest BCUT2D eigenvalue weighted by Gasteiger charge is -2.39. The second kappa shape index (κ2) is 10.4. The van der Waals surface area contributed by atoms with Crippen molar-refractivity contribution in [3.63, 3.8) is 0 Å². The van der Waals surface area contributed by atoms with Gasteiger partial charge in [-0.15, -0.1) is 0 Å². The average Bonchev–Trinajstić information content (AvgIpc) is 2.76. The standard InChI is InChI=1S/C26H34N2O2/c1-4-11-24(21-12-7-5-8-13-21)28(27-25(29)22-14-9-6-10-15-22)26(30)23-17-19(2)16-20(3)18-23/h6,9-10,14-18,21,24H,4-5,7-8,11-13H2,1-3H3,(H,27,29). The van der Waals surface area contributed by atoms with Gasteiger partial charge in [0.1, 0.15) is 0 Å². The second-order valence-electron chi connectivity index (χ2n) is 8.61. The van der Waals surface area contributed by atoms with Crippen molar-refractivity contribution < 1.29 is 9.59 Å². The summed E-state index contributed by atoms with van der Waals surface area (Å²) in [6, 6.07) is 15.0. The largest absolute Gasteiger partial charge is 0.272 e. The van der Waals surface area contributed by atoms with Gasteiger partial charge in [-0.05, 0) is 63.3 Å². The van der Waals surface area contributed by atoms with Crippen molar-refractivity contribution in [2.45, 2.75) is 71.8 Å². The first-order chi connectivity index (χ1) is 14.5. The van der Waals surface area contributed by atoms with Crippen LogP contribution in [0, 0.1) is 19.8 Å². The molecule has 4 heteroatoms. The number of benzene rings is 2. The summed E-state index contributed by atoms with van der Waals surface area (Å²) in [7, 11) is 0. The number of nitrogens with zero attached hydrogens (tertiary/aromatic N) is 1. The first-order valence-electron chi connectivity index (χ1n) is 11.3. The Hall–Kier alpha value is -2.62. The van der Waals surface area contributed by atoms with Crippen LogP contribution in [0.1, 0.15) is 83.7 Å². The summed E-state index contributed by atoms with van der Waals surface area (Å²) in [5.41, 5.74) is 6.31. The predicted octanol–water partition coefficient (Wildman–Crippen LogP) is 5.84. The molecule has 2 aromatic carbocycles. The van der Waals surface area contributed by atoms with E-state index in [-0.39, 0.29) is 17.9 Å². The molecule has 1 unspecified atom stereocenters. The molecule has 1 aliphatic rings. The Morgan fingerprint density at radius 1 is 0.967 bits per heavy atom. The lowest BCUT2D eigenvalue weighted by molar-refractivity contribution is 0.0333. The molecule has 0 aliphatic heterocycles. The zero-order valence-electron chi connectivity index (χ0n) is 18.5. The van der Waals surface area contributed by atoms with E-state index in [0.717, 1.165) is 36.8 Å². The first-order valence-corrected chi connectivity index (χ1v) is 11.3. The molecule has 3 rings (SSSR count). The monoisotopic (exact) mass is 406 g/mol. The molecule has 1 N–H and O–H groups in total. The summed E-state index contributed by atoms with van der Waals surface area (Å²) in [5, 5.41) is 1.66. The number of hydrogen-bond donors (Lipinski definition) is 1. The molecule has 2 amide bonds. The van der Waals surface area contributed by atoms with Crippen LogP contribution in [0.3, 0.4) is 0 Å². The zero-order chi connectivity index (χ0) is 21.5. The Morgan fingerprint density at radius 2 is 1.60 bits per heavy atom. The van der Waals surface area contributed by atoms with Crippen LogP contribution in [0.25, 0.3) is 0 Å². The van der Waals surface area contributed by atoms with Gasteiger partial charge in [-0.3, -0.25) is 15.0 Å². The van der Waals surface area contributed by atoms with Gasteiger partial charge in [-0.25, -0.2) is 5.01 Å². The minimum absolute atomic E-state index is 0.0104. The quantitative estimate of drug-likeness (QED) is 0.613. The van der Waals surface area contributed by atoms with E-state index in [1.54, 1.807) is 17.1 Å². The lowest BCUT2D eigenvalue weighted by Crippen LogP contribution is -2.54. The number of rotatable bonds is 6. The number of hydrogen-bond acceptors (Lipinski definition) is 2. The van der Waals surface area contributed by atoms with Gasteiger partial charge in [0, 0.05) is 11.1 Å². The topological polar surface area (TPSA) is 49.4 Å². The Bertz CT molecular complexity index is 836. The Labute approximate surface area is 180 Å². The third kappa shape index (κ3) is 5.50. The zero-order valence-corrected chi connectivity index (χ0v) is 18.5. The third-order valence-corrected chi connectivity index (χ3v) is 6.06. The van der Waals surface area contributed by atoms with Gasteiger partial charge in [-0.2, -0.15) is 0 Å². The van der Waals surface area contributed by atoms with Crippen LogP contribution >= 0.6 is 0 Å². The first kappa shape index (κ1) is 22.1. The van der Waals surface area contributed by atoms with Crippen LogP contribution in [0.4, 0.5) is 0 Å². The fourth-order valence-corrected chi connectivity index (χ4v) is 4.68. The Morgan fingerprint density at radius 3 is 2.20 bits per heavy atom. The molecule has 4 nitrogen and oxygen atoms in total. The van der Waals surface area contributed by atoms with Gasteiger partial charge in [-0.1, -0.05) is 68.0 Å². The highest BCUT2D eigenvalue weighted by atomic mass is 16.2. The fourth-order valence-electron chi connectivity index (χ4n) is 4.68. The molecule has 1 aliphatic carbocycles. The minimum Gasteiger partial charge on any atom is -0.267 e. The van der Waals surface area contributed by atoms with E-state index < -0.39 is 0 Å². The molecular weight excluding hydrogens is 372 g/mol. The molecule has 1 atom stereocenters. The summed E-state index contributed by atoms with van der Waals surface area (Å²) in [6.07, 6.45) is 7.74. The van der Waals surface area contributed by atoms with Gasteiger partial charge in [0.25, 0.3) is 11.8 Å². The summed E-state index contributed by atoms with van der Waals surface area (Å²) >= 11 is 0. The van der Waals surface area contributed by atoms with Crippen LogP contribution in [0.2, 0.25) is 0 Å². The van der Waals surface area contributed by atoms with Gasteiger partial charge in [0.2, 0.25) is 0 Å². The van der Waals surface area contributed by atoms with E-state index in [0.29, 0.717) is 17.0 Å². The molecule has 1 fully saturated rings. The van der Waals surface area contributed by atoms with E-state index in [4.69, 9.17) is 0 Å². The number of aryl methyl sites for hydroxylation is 2. The molecule has 0 radical (unpaired) electrons. The highest BCUT2D eigenvalue weighted by molar-refractivity contribution is 5.99. The van der Waals surface area contributed by atoms with E-state index in [1.807, 2.05) is 44.2 Å². The van der Waals surface area contributed by atoms with Crippen LogP contribution in [0.15, 0.2) is 48.5 Å². The van der Waals surface area contributed by atoms with Crippen molar-refractivity contribution >= 4 is 11.8 Å². The van der Waals surface area contributed by atoms with Gasteiger partial charge in [0.15, 0.2) is 0 Å². The molecule has 0 heterocycles. The Kier molecular flexibility index (Phi) is 7.67. The maximum absolute atomic E-state index is 13.7. The molecule has 2 aromatic rings. The lowest BCUT2D eigenvalue weighted by atomic mass is 9.81. The Balaban J connectivity index is 1.95. The van der Waals surface area contributed by atoms with Crippen molar-refractivity contribution in [3.8, 4) is 0 Å². The predicted molar refractivity (Wildman–Crippen MR) is 121 cm³/mol. The number of hydrazine groups is 1. The van der Waals surface area contributed by atoms with Crippen LogP contribution < -0.4 is 5.43 Å². The van der Waals surface area contributed by atoms with Crippen molar-refractivity contribution in [2.75, 3.05) is 0 Å². The number of nitrogens with one attached hydrogen (secondary N) is 1. The van der Waals surface area contributed by atoms with Gasteiger partial charge >= 0.3 is 0 Å². The molecule has 0 spiro atoms. The van der Waals surface area contributed by atoms with E-state index >= 15 is 0 Å². The van der Waals surface area contributed by atoms with E-state index in [1.165, 1.54) is 19.3 Å². The molecular formula is C26H34N2O2. The van der Waals surface area contributed by atoms with Crippen molar-refractivity contribution in [1.82, 2.24) is 10.4 Å². The average molecular weight is 407 g/mol. The van der Waals surface area contributed by atoms with Crippen LogP contribution in [0.5, 0.6) is 0 Å².